The van der Waals surface area contributed by atoms with E-state index in [1.807, 2.05) is 0 Å². The van der Waals surface area contributed by atoms with Crippen LogP contribution in [0.4, 0.5) is 17.1 Å². The van der Waals surface area contributed by atoms with E-state index < -0.39 is 10.0 Å². The Morgan fingerprint density at radius 1 is 1.19 bits per heavy atom. The van der Waals surface area contributed by atoms with Crippen LogP contribution in [-0.4, -0.2) is 15.5 Å². The molecule has 0 atom stereocenters. The average Bonchev–Trinajstić information content (AvgIpc) is 2.44. The lowest BCUT2D eigenvalue weighted by atomic mass is 10.2. The summed E-state index contributed by atoms with van der Waals surface area (Å²) in [5, 5.41) is 3.55. The number of sulfonamides is 1. The fourth-order valence-corrected chi connectivity index (χ4v) is 3.05. The van der Waals surface area contributed by atoms with Gasteiger partial charge in [-0.2, -0.15) is 0 Å². The van der Waals surface area contributed by atoms with Gasteiger partial charge in [0.15, 0.2) is 0 Å². The number of benzene rings is 2. The molecule has 0 saturated carbocycles. The molecule has 0 spiro atoms. The highest BCUT2D eigenvalue weighted by atomic mass is 79.9. The first-order chi connectivity index (χ1) is 9.83. The van der Waals surface area contributed by atoms with Gasteiger partial charge in [0.25, 0.3) is 0 Å². The number of nitrogens with two attached hydrogens (primary N) is 1. The molecule has 5 nitrogen and oxygen atoms in total. The maximum absolute atomic E-state index is 12.0. The second-order valence-electron chi connectivity index (χ2n) is 4.22. The van der Waals surface area contributed by atoms with Crippen LogP contribution < -0.4 is 15.8 Å². The van der Waals surface area contributed by atoms with Gasteiger partial charge in [-0.3, -0.25) is 0 Å². The summed E-state index contributed by atoms with van der Waals surface area (Å²) in [5.74, 6) is 0. The van der Waals surface area contributed by atoms with E-state index in [1.54, 1.807) is 30.3 Å². The Balaban J connectivity index is 2.47. The van der Waals surface area contributed by atoms with Gasteiger partial charge >= 0.3 is 0 Å². The van der Waals surface area contributed by atoms with Crippen LogP contribution >= 0.6 is 27.5 Å². The zero-order chi connectivity index (χ0) is 15.6. The Labute approximate surface area is 136 Å². The minimum absolute atomic E-state index is 0.0732. The van der Waals surface area contributed by atoms with Gasteiger partial charge in [0, 0.05) is 15.8 Å². The second kappa shape index (κ2) is 6.23. The number of anilines is 3. The van der Waals surface area contributed by atoms with Crippen LogP contribution in [0.3, 0.4) is 0 Å². The first-order valence-electron chi connectivity index (χ1n) is 5.88. The molecule has 0 amide bonds. The summed E-state index contributed by atoms with van der Waals surface area (Å²) in [5.41, 5.74) is 7.11. The molecule has 0 bridgehead atoms. The van der Waals surface area contributed by atoms with Gasteiger partial charge in [0.05, 0.1) is 10.7 Å². The SMILES string of the molecule is CNS(=O)(=O)c1cc(N)ccc1Nc1ccc(Br)c(Cl)c1. The van der Waals surface area contributed by atoms with Crippen molar-refractivity contribution >= 4 is 54.6 Å². The molecule has 112 valence electrons. The van der Waals surface area contributed by atoms with Gasteiger partial charge in [-0.25, -0.2) is 13.1 Å². The highest BCUT2D eigenvalue weighted by Crippen LogP contribution is 2.30. The van der Waals surface area contributed by atoms with Crippen molar-refractivity contribution in [2.75, 3.05) is 18.1 Å². The maximum Gasteiger partial charge on any atom is 0.242 e. The summed E-state index contributed by atoms with van der Waals surface area (Å²) in [7, 11) is -2.28. The Hall–Kier alpha value is -1.28. The van der Waals surface area contributed by atoms with Crippen LogP contribution in [0.1, 0.15) is 0 Å². The number of hydrogen-bond donors (Lipinski definition) is 3. The zero-order valence-electron chi connectivity index (χ0n) is 11.0. The number of nitrogen functional groups attached to an aromatic ring is 1. The molecule has 4 N–H and O–H groups in total. The highest BCUT2D eigenvalue weighted by Gasteiger charge is 2.17. The predicted molar refractivity (Wildman–Crippen MR) is 89.5 cm³/mol. The van der Waals surface area contributed by atoms with Gasteiger partial charge in [0.2, 0.25) is 10.0 Å². The van der Waals surface area contributed by atoms with Crippen LogP contribution in [-0.2, 0) is 10.0 Å². The third-order valence-electron chi connectivity index (χ3n) is 2.76. The van der Waals surface area contributed by atoms with Gasteiger partial charge in [-0.15, -0.1) is 0 Å². The van der Waals surface area contributed by atoms with Gasteiger partial charge in [-0.05, 0) is 59.4 Å². The molecule has 2 aromatic carbocycles. The minimum Gasteiger partial charge on any atom is -0.399 e. The molecule has 2 aromatic rings. The first kappa shape index (κ1) is 16.1. The van der Waals surface area contributed by atoms with E-state index >= 15 is 0 Å². The molecule has 0 fully saturated rings. The van der Waals surface area contributed by atoms with Crippen LogP contribution in [0.5, 0.6) is 0 Å². The fourth-order valence-electron chi connectivity index (χ4n) is 1.70. The van der Waals surface area contributed by atoms with Crippen molar-refractivity contribution in [3.8, 4) is 0 Å². The molecule has 2 rings (SSSR count). The van der Waals surface area contributed by atoms with E-state index in [-0.39, 0.29) is 4.90 Å². The normalized spacial score (nSPS) is 11.4. The Kier molecular flexibility index (Phi) is 4.77. The van der Waals surface area contributed by atoms with Crippen LogP contribution in [0.2, 0.25) is 5.02 Å². The Bertz CT molecular complexity index is 781. The van der Waals surface area contributed by atoms with Crippen molar-refractivity contribution in [2.24, 2.45) is 0 Å². The van der Waals surface area contributed by atoms with E-state index in [2.05, 4.69) is 26.0 Å². The lowest BCUT2D eigenvalue weighted by molar-refractivity contribution is 0.588. The van der Waals surface area contributed by atoms with E-state index in [0.717, 1.165) is 4.47 Å². The Morgan fingerprint density at radius 2 is 1.90 bits per heavy atom. The molecular formula is C13H13BrClN3O2S. The third-order valence-corrected chi connectivity index (χ3v) is 5.45. The maximum atomic E-state index is 12.0. The van der Waals surface area contributed by atoms with E-state index in [4.69, 9.17) is 17.3 Å². The summed E-state index contributed by atoms with van der Waals surface area (Å²) in [6, 6.07) is 9.87. The highest BCUT2D eigenvalue weighted by molar-refractivity contribution is 9.10. The summed E-state index contributed by atoms with van der Waals surface area (Å²) >= 11 is 9.32. The number of rotatable bonds is 4. The zero-order valence-corrected chi connectivity index (χ0v) is 14.2. The van der Waals surface area contributed by atoms with Gasteiger partial charge in [-0.1, -0.05) is 11.6 Å². The van der Waals surface area contributed by atoms with Crippen LogP contribution in [0.25, 0.3) is 0 Å². The molecule has 0 aliphatic rings. The van der Waals surface area contributed by atoms with Crippen LogP contribution in [0.15, 0.2) is 45.8 Å². The van der Waals surface area contributed by atoms with Crippen molar-refractivity contribution < 1.29 is 8.42 Å². The molecule has 8 heteroatoms. The first-order valence-corrected chi connectivity index (χ1v) is 8.54. The van der Waals surface area contributed by atoms with Crippen molar-refractivity contribution in [3.05, 3.63) is 45.9 Å². The largest absolute Gasteiger partial charge is 0.399 e. The third kappa shape index (κ3) is 3.68. The molecule has 0 heterocycles. The number of halogens is 2. The molecule has 0 aliphatic carbocycles. The molecule has 0 unspecified atom stereocenters. The summed E-state index contributed by atoms with van der Waals surface area (Å²) < 4.78 is 27.1. The topological polar surface area (TPSA) is 84.2 Å². The quantitative estimate of drug-likeness (QED) is 0.699. The minimum atomic E-state index is -3.62. The van der Waals surface area contributed by atoms with E-state index in [9.17, 15) is 8.42 Å². The standard InChI is InChI=1S/C13H13BrClN3O2S/c1-17-21(19,20)13-6-8(16)2-5-12(13)18-9-3-4-10(14)11(15)7-9/h2-7,17-18H,16H2,1H3. The molecule has 0 radical (unpaired) electrons. The average molecular weight is 391 g/mol. The molecule has 0 aromatic heterocycles. The summed E-state index contributed by atoms with van der Waals surface area (Å²) in [6.07, 6.45) is 0. The summed E-state index contributed by atoms with van der Waals surface area (Å²) in [6.45, 7) is 0. The lowest BCUT2D eigenvalue weighted by Gasteiger charge is -2.13. The molecule has 21 heavy (non-hydrogen) atoms. The molecule has 0 saturated heterocycles. The summed E-state index contributed by atoms with van der Waals surface area (Å²) in [4.78, 5) is 0.0732. The van der Waals surface area contributed by atoms with Crippen molar-refractivity contribution in [1.82, 2.24) is 4.72 Å². The fraction of sp³-hybridized carbons (Fsp3) is 0.0769. The number of nitrogens with one attached hydrogen (secondary N) is 2. The smallest absolute Gasteiger partial charge is 0.242 e. The van der Waals surface area contributed by atoms with Crippen molar-refractivity contribution in [3.63, 3.8) is 0 Å². The monoisotopic (exact) mass is 389 g/mol. The Morgan fingerprint density at radius 3 is 2.52 bits per heavy atom. The van der Waals surface area contributed by atoms with Crippen molar-refractivity contribution in [1.29, 1.82) is 0 Å². The lowest BCUT2D eigenvalue weighted by Crippen LogP contribution is -2.20. The van der Waals surface area contributed by atoms with Gasteiger partial charge in [0.1, 0.15) is 4.90 Å². The van der Waals surface area contributed by atoms with Gasteiger partial charge < -0.3 is 11.1 Å². The van der Waals surface area contributed by atoms with Crippen molar-refractivity contribution in [2.45, 2.75) is 4.90 Å². The van der Waals surface area contributed by atoms with E-state index in [0.29, 0.717) is 22.1 Å². The van der Waals surface area contributed by atoms with Crippen LogP contribution in [0, 0.1) is 0 Å². The molecule has 0 aliphatic heterocycles. The molecular weight excluding hydrogens is 378 g/mol. The second-order valence-corrected chi connectivity index (χ2v) is 7.33. The number of hydrogen-bond acceptors (Lipinski definition) is 4. The predicted octanol–water partition coefficient (Wildman–Crippen LogP) is 3.34. The van der Waals surface area contributed by atoms with E-state index in [1.165, 1.54) is 13.1 Å².